The first-order chi connectivity index (χ1) is 17.5. The Balaban J connectivity index is 1.59. The molecule has 36 heavy (non-hydrogen) atoms. The second kappa shape index (κ2) is 11.7. The summed E-state index contributed by atoms with van der Waals surface area (Å²) in [6, 6.07) is 24.2. The highest BCUT2D eigenvalue weighted by atomic mass is 16.5. The number of methoxy groups -OCH3 is 1. The average Bonchev–Trinajstić information content (AvgIpc) is 2.93. The number of nitrogens with zero attached hydrogens (tertiary/aromatic N) is 1. The second-order valence-electron chi connectivity index (χ2n) is 8.74. The monoisotopic (exact) mass is 481 g/mol. The zero-order valence-electron chi connectivity index (χ0n) is 20.3. The lowest BCUT2D eigenvalue weighted by Crippen LogP contribution is -2.25. The van der Waals surface area contributed by atoms with Gasteiger partial charge in [0.25, 0.3) is 0 Å². The number of aromatic hydroxyl groups is 1. The van der Waals surface area contributed by atoms with Gasteiger partial charge in [-0.3, -0.25) is 4.98 Å². The van der Waals surface area contributed by atoms with E-state index in [0.717, 1.165) is 27.6 Å². The summed E-state index contributed by atoms with van der Waals surface area (Å²) >= 11 is 0. The van der Waals surface area contributed by atoms with Crippen LogP contribution in [0.1, 0.15) is 35.8 Å². The van der Waals surface area contributed by atoms with Crippen LogP contribution >= 0.6 is 0 Å². The molecule has 0 radical (unpaired) electrons. The molecule has 0 unspecified atom stereocenters. The normalized spacial score (nSPS) is 14.2. The van der Waals surface area contributed by atoms with Gasteiger partial charge in [0.15, 0.2) is 0 Å². The molecule has 0 aliphatic carbocycles. The Bertz CT molecular complexity index is 1330. The molecule has 3 aromatic carbocycles. The number of allylic oxidation sites excluding steroid dienone is 1. The van der Waals surface area contributed by atoms with Gasteiger partial charge in [0.05, 0.1) is 25.0 Å². The minimum Gasteiger partial charge on any atom is -0.507 e. The summed E-state index contributed by atoms with van der Waals surface area (Å²) in [5, 5.41) is 34.0. The zero-order valence-corrected chi connectivity index (χ0v) is 20.3. The predicted molar refractivity (Wildman–Crippen MR) is 145 cm³/mol. The first-order valence-electron chi connectivity index (χ1n) is 12.0. The van der Waals surface area contributed by atoms with Crippen molar-refractivity contribution in [2.75, 3.05) is 7.11 Å². The fourth-order valence-corrected chi connectivity index (χ4v) is 4.46. The third-order valence-corrected chi connectivity index (χ3v) is 6.51. The van der Waals surface area contributed by atoms with E-state index >= 15 is 0 Å². The Morgan fingerprint density at radius 1 is 0.944 bits per heavy atom. The lowest BCUT2D eigenvalue weighted by Gasteiger charge is -2.25. The Morgan fingerprint density at radius 2 is 1.67 bits per heavy atom. The van der Waals surface area contributed by atoms with Crippen LogP contribution in [0.5, 0.6) is 11.5 Å². The van der Waals surface area contributed by atoms with Crippen molar-refractivity contribution in [3.63, 3.8) is 0 Å². The SMILES string of the molecule is C=C[C@H]([C@H](O)CC/C(=C/c1ccc(O)c2ccccc12)c1ccccn1)[C@H](O)c1ccc(OC)cc1. The van der Waals surface area contributed by atoms with E-state index in [0.29, 0.717) is 24.2 Å². The van der Waals surface area contributed by atoms with Crippen molar-refractivity contribution in [1.29, 1.82) is 0 Å². The van der Waals surface area contributed by atoms with Gasteiger partial charge in [-0.15, -0.1) is 6.58 Å². The number of rotatable bonds is 10. The molecule has 0 saturated heterocycles. The number of aliphatic hydroxyl groups is 2. The molecule has 5 nitrogen and oxygen atoms in total. The summed E-state index contributed by atoms with van der Waals surface area (Å²) in [7, 11) is 1.59. The molecule has 0 saturated carbocycles. The van der Waals surface area contributed by atoms with Gasteiger partial charge in [-0.2, -0.15) is 0 Å². The number of aromatic nitrogens is 1. The highest BCUT2D eigenvalue weighted by molar-refractivity contribution is 5.98. The Kier molecular flexibility index (Phi) is 8.16. The van der Waals surface area contributed by atoms with E-state index in [1.807, 2.05) is 48.5 Å². The zero-order chi connectivity index (χ0) is 25.5. The Hall–Kier alpha value is -3.93. The van der Waals surface area contributed by atoms with Crippen molar-refractivity contribution in [3.05, 3.63) is 115 Å². The van der Waals surface area contributed by atoms with E-state index in [1.54, 1.807) is 49.7 Å². The van der Waals surface area contributed by atoms with Gasteiger partial charge in [0, 0.05) is 17.5 Å². The van der Waals surface area contributed by atoms with Gasteiger partial charge in [-0.05, 0) is 71.3 Å². The topological polar surface area (TPSA) is 82.8 Å². The fourth-order valence-electron chi connectivity index (χ4n) is 4.46. The van der Waals surface area contributed by atoms with Crippen LogP contribution in [0, 0.1) is 5.92 Å². The fraction of sp³-hybridized carbons (Fsp3) is 0.194. The summed E-state index contributed by atoms with van der Waals surface area (Å²) in [6.45, 7) is 3.86. The third-order valence-electron chi connectivity index (χ3n) is 6.51. The van der Waals surface area contributed by atoms with Crippen LogP contribution in [0.25, 0.3) is 22.4 Å². The molecule has 5 heteroatoms. The standard InChI is InChI=1S/C31H31NO4/c1-3-25(31(35)21-11-15-24(36-2)16-12-21)29(33)18-14-23(28-10-6-7-19-32-28)20-22-13-17-30(34)27-9-5-4-8-26(22)27/h3-13,15-17,19-20,25,29,31,33-35H,1,14,18H2,2H3/b23-20-/t25-,29-,31-/m1/s1. The van der Waals surface area contributed by atoms with E-state index in [2.05, 4.69) is 17.6 Å². The molecule has 1 heterocycles. The maximum absolute atomic E-state index is 11.1. The summed E-state index contributed by atoms with van der Waals surface area (Å²) in [5.41, 5.74) is 3.41. The van der Waals surface area contributed by atoms with Crippen molar-refractivity contribution in [1.82, 2.24) is 4.98 Å². The average molecular weight is 482 g/mol. The number of phenolic OH excluding ortho intramolecular Hbond substituents is 1. The van der Waals surface area contributed by atoms with E-state index in [4.69, 9.17) is 4.74 Å². The predicted octanol–water partition coefficient (Wildman–Crippen LogP) is 6.17. The number of aliphatic hydroxyl groups excluding tert-OH is 2. The number of hydrogen-bond acceptors (Lipinski definition) is 5. The molecular formula is C31H31NO4. The number of pyridine rings is 1. The molecule has 0 amide bonds. The van der Waals surface area contributed by atoms with Crippen molar-refractivity contribution in [3.8, 4) is 11.5 Å². The molecule has 184 valence electrons. The molecule has 4 aromatic rings. The molecule has 0 aliphatic rings. The molecule has 3 N–H and O–H groups in total. The van der Waals surface area contributed by atoms with Crippen LogP contribution < -0.4 is 4.74 Å². The summed E-state index contributed by atoms with van der Waals surface area (Å²) in [6.07, 6.45) is 4.63. The molecule has 3 atom stereocenters. The van der Waals surface area contributed by atoms with Gasteiger partial charge >= 0.3 is 0 Å². The van der Waals surface area contributed by atoms with Gasteiger partial charge in [-0.25, -0.2) is 0 Å². The minimum atomic E-state index is -0.897. The molecule has 0 spiro atoms. The van der Waals surface area contributed by atoms with Crippen LogP contribution in [-0.2, 0) is 0 Å². The highest BCUT2D eigenvalue weighted by Crippen LogP contribution is 2.33. The summed E-state index contributed by atoms with van der Waals surface area (Å²) in [5.74, 6) is 0.394. The number of hydrogen-bond donors (Lipinski definition) is 3. The number of benzene rings is 3. The van der Waals surface area contributed by atoms with Gasteiger partial charge in [0.2, 0.25) is 0 Å². The van der Waals surface area contributed by atoms with Crippen molar-refractivity contribution in [2.24, 2.45) is 5.92 Å². The van der Waals surface area contributed by atoms with Crippen LogP contribution in [0.3, 0.4) is 0 Å². The van der Waals surface area contributed by atoms with E-state index in [9.17, 15) is 15.3 Å². The van der Waals surface area contributed by atoms with Crippen LogP contribution in [-0.4, -0.2) is 33.5 Å². The highest BCUT2D eigenvalue weighted by Gasteiger charge is 2.26. The van der Waals surface area contributed by atoms with Crippen LogP contribution in [0.4, 0.5) is 0 Å². The molecule has 0 aliphatic heterocycles. The molecule has 1 aromatic heterocycles. The molecule has 0 fully saturated rings. The summed E-state index contributed by atoms with van der Waals surface area (Å²) < 4.78 is 5.20. The summed E-state index contributed by atoms with van der Waals surface area (Å²) in [4.78, 5) is 4.53. The van der Waals surface area contributed by atoms with Crippen molar-refractivity contribution < 1.29 is 20.1 Å². The quantitative estimate of drug-likeness (QED) is 0.236. The first kappa shape index (κ1) is 25.2. The van der Waals surface area contributed by atoms with Crippen LogP contribution in [0.2, 0.25) is 0 Å². The number of fused-ring (bicyclic) bond motifs is 1. The van der Waals surface area contributed by atoms with E-state index < -0.39 is 18.1 Å². The van der Waals surface area contributed by atoms with Gasteiger partial charge in [-0.1, -0.05) is 54.6 Å². The van der Waals surface area contributed by atoms with Crippen LogP contribution in [0.15, 0.2) is 97.7 Å². The van der Waals surface area contributed by atoms with E-state index in [-0.39, 0.29) is 5.75 Å². The molecule has 0 bridgehead atoms. The Labute approximate surface area is 211 Å². The Morgan fingerprint density at radius 3 is 2.33 bits per heavy atom. The van der Waals surface area contributed by atoms with Gasteiger partial charge < -0.3 is 20.1 Å². The van der Waals surface area contributed by atoms with Crippen molar-refractivity contribution in [2.45, 2.75) is 25.0 Å². The largest absolute Gasteiger partial charge is 0.507 e. The molecular weight excluding hydrogens is 450 g/mol. The maximum atomic E-state index is 11.1. The number of phenols is 1. The minimum absolute atomic E-state index is 0.235. The lowest BCUT2D eigenvalue weighted by atomic mass is 9.87. The smallest absolute Gasteiger partial charge is 0.123 e. The maximum Gasteiger partial charge on any atom is 0.123 e. The van der Waals surface area contributed by atoms with Crippen molar-refractivity contribution >= 4 is 22.4 Å². The van der Waals surface area contributed by atoms with Gasteiger partial charge in [0.1, 0.15) is 11.5 Å². The van der Waals surface area contributed by atoms with E-state index in [1.165, 1.54) is 0 Å². The number of ether oxygens (including phenoxy) is 1. The third kappa shape index (κ3) is 5.65. The first-order valence-corrected chi connectivity index (χ1v) is 12.0. The second-order valence-corrected chi connectivity index (χ2v) is 8.74. The molecule has 4 rings (SSSR count). The lowest BCUT2D eigenvalue weighted by molar-refractivity contribution is 0.0325.